The summed E-state index contributed by atoms with van der Waals surface area (Å²) in [5.41, 5.74) is 4.68. The van der Waals surface area contributed by atoms with E-state index < -0.39 is 11.0 Å². The Morgan fingerprint density at radius 1 is 1.06 bits per heavy atom. The van der Waals surface area contributed by atoms with Gasteiger partial charge < -0.3 is 25.4 Å². The molecular formula is C25H49N3O4. The molecule has 188 valence electrons. The number of likely N-dealkylation sites (tertiary alicyclic amines) is 1. The molecule has 0 saturated carbocycles. The summed E-state index contributed by atoms with van der Waals surface area (Å²) in [6, 6.07) is 0.0133. The molecule has 1 unspecified atom stereocenters. The van der Waals surface area contributed by atoms with Crippen molar-refractivity contribution in [3.05, 3.63) is 0 Å². The number of ether oxygens (including phenoxy) is 2. The highest BCUT2D eigenvalue weighted by Gasteiger charge is 2.44. The van der Waals surface area contributed by atoms with Gasteiger partial charge in [0.25, 0.3) is 0 Å². The van der Waals surface area contributed by atoms with Crippen molar-refractivity contribution in [3.63, 3.8) is 0 Å². The molecule has 3 atom stereocenters. The minimum Gasteiger partial charge on any atom is -0.383 e. The molecule has 1 fully saturated rings. The molecule has 0 spiro atoms. The molecule has 3 N–H and O–H groups in total. The molecule has 0 aromatic carbocycles. The smallest absolute Gasteiger partial charge is 0.228 e. The second-order valence-electron chi connectivity index (χ2n) is 12.2. The molecule has 0 aliphatic carbocycles. The molecule has 7 nitrogen and oxygen atoms in total. The lowest BCUT2D eigenvalue weighted by molar-refractivity contribution is -0.144. The van der Waals surface area contributed by atoms with E-state index in [1.807, 2.05) is 39.5 Å². The van der Waals surface area contributed by atoms with Gasteiger partial charge in [-0.05, 0) is 51.9 Å². The third-order valence-electron chi connectivity index (χ3n) is 6.60. The summed E-state index contributed by atoms with van der Waals surface area (Å²) in [7, 11) is 3.34. The third-order valence-corrected chi connectivity index (χ3v) is 6.60. The SMILES string of the molecule is CCC(C)(N)CC(C)(C)CC(=O)NC(C)(C)CC(C)(C)C(=O)N1C[C@H](OC)C[C@H]1COC. The summed E-state index contributed by atoms with van der Waals surface area (Å²) in [5.74, 6) is 0.0663. The molecule has 0 aromatic heterocycles. The van der Waals surface area contributed by atoms with Crippen molar-refractivity contribution in [3.8, 4) is 0 Å². The van der Waals surface area contributed by atoms with E-state index in [9.17, 15) is 9.59 Å². The highest BCUT2D eigenvalue weighted by atomic mass is 16.5. The second-order valence-corrected chi connectivity index (χ2v) is 12.2. The van der Waals surface area contributed by atoms with Gasteiger partial charge in [0.05, 0.1) is 18.8 Å². The predicted molar refractivity (Wildman–Crippen MR) is 129 cm³/mol. The van der Waals surface area contributed by atoms with Crippen molar-refractivity contribution in [2.45, 2.75) is 111 Å². The lowest BCUT2D eigenvalue weighted by Crippen LogP contribution is -2.52. The normalized spacial score (nSPS) is 22.0. The lowest BCUT2D eigenvalue weighted by Gasteiger charge is -2.39. The number of nitrogens with two attached hydrogens (primary N) is 1. The van der Waals surface area contributed by atoms with E-state index >= 15 is 0 Å². The summed E-state index contributed by atoms with van der Waals surface area (Å²) in [4.78, 5) is 28.3. The number of carbonyl (C=O) groups is 2. The standard InChI is InChI=1S/C25H49N3O4/c1-11-25(8,26)16-22(2,3)13-20(29)27-24(6,7)17-23(4,5)21(30)28-14-19(32-10)12-18(28)15-31-9/h18-19H,11-17,26H2,1-10H3,(H,27,29)/t18-,19+,25?/m0/s1. The van der Waals surface area contributed by atoms with Crippen molar-refractivity contribution < 1.29 is 19.1 Å². The molecule has 0 bridgehead atoms. The number of amides is 2. The van der Waals surface area contributed by atoms with Crippen LogP contribution in [-0.2, 0) is 19.1 Å². The third kappa shape index (κ3) is 8.64. The van der Waals surface area contributed by atoms with Crippen LogP contribution in [0.3, 0.4) is 0 Å². The van der Waals surface area contributed by atoms with Gasteiger partial charge in [-0.2, -0.15) is 0 Å². The first-order chi connectivity index (χ1) is 14.5. The van der Waals surface area contributed by atoms with E-state index in [1.165, 1.54) is 0 Å². The zero-order valence-corrected chi connectivity index (χ0v) is 22.3. The first-order valence-electron chi connectivity index (χ1n) is 11.9. The quantitative estimate of drug-likeness (QED) is 0.470. The highest BCUT2D eigenvalue weighted by molar-refractivity contribution is 5.83. The Bertz CT molecular complexity index is 643. The molecule has 32 heavy (non-hydrogen) atoms. The number of carbonyl (C=O) groups excluding carboxylic acids is 2. The van der Waals surface area contributed by atoms with E-state index in [-0.39, 0.29) is 34.9 Å². The minimum absolute atomic E-state index is 0.00645. The average Bonchev–Trinajstić information content (AvgIpc) is 3.01. The first-order valence-corrected chi connectivity index (χ1v) is 11.9. The lowest BCUT2D eigenvalue weighted by atomic mass is 9.75. The van der Waals surface area contributed by atoms with Crippen LogP contribution in [0.4, 0.5) is 0 Å². The average molecular weight is 456 g/mol. The predicted octanol–water partition coefficient (Wildman–Crippen LogP) is 3.49. The van der Waals surface area contributed by atoms with Crippen molar-refractivity contribution in [1.82, 2.24) is 10.2 Å². The zero-order valence-electron chi connectivity index (χ0n) is 22.3. The summed E-state index contributed by atoms with van der Waals surface area (Å²) < 4.78 is 10.8. The Balaban J connectivity index is 2.81. The maximum Gasteiger partial charge on any atom is 0.228 e. The Labute approximate surface area is 196 Å². The molecule has 0 radical (unpaired) electrons. The zero-order chi connectivity index (χ0) is 25.0. The van der Waals surface area contributed by atoms with E-state index in [1.54, 1.807) is 14.2 Å². The van der Waals surface area contributed by atoms with Gasteiger partial charge in [0.1, 0.15) is 0 Å². The van der Waals surface area contributed by atoms with Crippen molar-refractivity contribution >= 4 is 11.8 Å². The highest BCUT2D eigenvalue weighted by Crippen LogP contribution is 2.35. The molecular weight excluding hydrogens is 406 g/mol. The molecule has 1 rings (SSSR count). The van der Waals surface area contributed by atoms with Crippen molar-refractivity contribution in [2.24, 2.45) is 16.6 Å². The van der Waals surface area contributed by atoms with Crippen LogP contribution >= 0.6 is 0 Å². The van der Waals surface area contributed by atoms with Gasteiger partial charge in [0, 0.05) is 43.7 Å². The van der Waals surface area contributed by atoms with Gasteiger partial charge >= 0.3 is 0 Å². The van der Waals surface area contributed by atoms with E-state index in [0.29, 0.717) is 26.0 Å². The monoisotopic (exact) mass is 455 g/mol. The van der Waals surface area contributed by atoms with Gasteiger partial charge in [-0.1, -0.05) is 34.6 Å². The molecule has 1 heterocycles. The van der Waals surface area contributed by atoms with Crippen molar-refractivity contribution in [1.29, 1.82) is 0 Å². The molecule has 7 heteroatoms. The summed E-state index contributed by atoms with van der Waals surface area (Å²) >= 11 is 0. The number of rotatable bonds is 12. The summed E-state index contributed by atoms with van der Waals surface area (Å²) in [5, 5.41) is 3.17. The fourth-order valence-corrected chi connectivity index (χ4v) is 5.39. The van der Waals surface area contributed by atoms with Gasteiger partial charge in [-0.15, -0.1) is 0 Å². The number of nitrogens with zero attached hydrogens (tertiary/aromatic N) is 1. The molecule has 1 aliphatic heterocycles. The summed E-state index contributed by atoms with van der Waals surface area (Å²) in [6.07, 6.45) is 3.37. The maximum atomic E-state index is 13.5. The topological polar surface area (TPSA) is 93.9 Å². The minimum atomic E-state index is -0.640. The molecule has 2 amide bonds. The van der Waals surface area contributed by atoms with Crippen LogP contribution in [0, 0.1) is 10.8 Å². The Hall–Kier alpha value is -1.18. The van der Waals surface area contributed by atoms with Crippen LogP contribution in [0.1, 0.15) is 87.5 Å². The van der Waals surface area contributed by atoms with Crippen LogP contribution in [0.15, 0.2) is 0 Å². The van der Waals surface area contributed by atoms with Crippen LogP contribution < -0.4 is 11.1 Å². The fourth-order valence-electron chi connectivity index (χ4n) is 5.39. The molecule has 1 saturated heterocycles. The number of nitrogens with one attached hydrogen (secondary N) is 1. The summed E-state index contributed by atoms with van der Waals surface area (Å²) in [6.45, 7) is 17.2. The Kier molecular flexibility index (Phi) is 9.77. The number of hydrogen-bond acceptors (Lipinski definition) is 5. The molecule has 1 aliphatic rings. The second kappa shape index (κ2) is 10.8. The Morgan fingerprint density at radius 3 is 2.16 bits per heavy atom. The van der Waals surface area contributed by atoms with Crippen LogP contribution in [0.25, 0.3) is 0 Å². The fraction of sp³-hybridized carbons (Fsp3) is 0.920. The molecule has 0 aromatic rings. The number of methoxy groups -OCH3 is 2. The van der Waals surface area contributed by atoms with Crippen LogP contribution in [0.2, 0.25) is 0 Å². The van der Waals surface area contributed by atoms with Gasteiger partial charge in [0.2, 0.25) is 11.8 Å². The van der Waals surface area contributed by atoms with Gasteiger partial charge in [0.15, 0.2) is 0 Å². The van der Waals surface area contributed by atoms with E-state index in [4.69, 9.17) is 15.2 Å². The first kappa shape index (κ1) is 28.9. The largest absolute Gasteiger partial charge is 0.383 e. The van der Waals surface area contributed by atoms with E-state index in [2.05, 4.69) is 26.1 Å². The van der Waals surface area contributed by atoms with Crippen LogP contribution in [-0.4, -0.2) is 67.3 Å². The maximum absolute atomic E-state index is 13.5. The van der Waals surface area contributed by atoms with Gasteiger partial charge in [-0.25, -0.2) is 0 Å². The van der Waals surface area contributed by atoms with E-state index in [0.717, 1.165) is 19.3 Å². The number of hydrogen-bond donors (Lipinski definition) is 2. The van der Waals surface area contributed by atoms with Gasteiger partial charge in [-0.3, -0.25) is 9.59 Å². The van der Waals surface area contributed by atoms with Crippen LogP contribution in [0.5, 0.6) is 0 Å². The van der Waals surface area contributed by atoms with Crippen molar-refractivity contribution in [2.75, 3.05) is 27.4 Å². The Morgan fingerprint density at radius 2 is 1.66 bits per heavy atom.